The van der Waals surface area contributed by atoms with E-state index in [2.05, 4.69) is 13.8 Å². The lowest BCUT2D eigenvalue weighted by Crippen LogP contribution is -2.34. The first-order valence-corrected chi connectivity index (χ1v) is 13.6. The molecule has 0 saturated heterocycles. The molecule has 2 aromatic carbocycles. The highest BCUT2D eigenvalue weighted by Crippen LogP contribution is 2.57. The number of aromatic nitrogens is 1. The fourth-order valence-corrected chi connectivity index (χ4v) is 5.51. The van der Waals surface area contributed by atoms with Gasteiger partial charge in [-0.1, -0.05) is 70.6 Å². The molecular weight excluding hydrogens is 466 g/mol. The summed E-state index contributed by atoms with van der Waals surface area (Å²) in [6.07, 6.45) is 9.86. The topological polar surface area (TPSA) is 88.9 Å². The molecule has 5 rings (SSSR count). The van der Waals surface area contributed by atoms with E-state index in [0.717, 1.165) is 56.9 Å². The first-order chi connectivity index (χ1) is 18.0. The van der Waals surface area contributed by atoms with E-state index in [-0.39, 0.29) is 11.5 Å². The molecule has 2 aliphatic heterocycles. The Hall–Kier alpha value is -3.54. The molecule has 3 aromatic rings. The lowest BCUT2D eigenvalue weighted by atomic mass is 9.79. The van der Waals surface area contributed by atoms with Gasteiger partial charge in [-0.2, -0.15) is 0 Å². The smallest absolute Gasteiger partial charge is 0.340 e. The van der Waals surface area contributed by atoms with Gasteiger partial charge in [0.15, 0.2) is 5.75 Å². The fourth-order valence-electron chi connectivity index (χ4n) is 5.51. The average molecular weight is 502 g/mol. The molecule has 1 atom stereocenters. The average Bonchev–Trinajstić information content (AvgIpc) is 3.18. The number of hydrogen-bond acceptors (Lipinski definition) is 6. The summed E-state index contributed by atoms with van der Waals surface area (Å²) in [7, 11) is 0. The third kappa shape index (κ3) is 4.43. The maximum absolute atomic E-state index is 13.2. The van der Waals surface area contributed by atoms with Crippen molar-refractivity contribution in [2.24, 2.45) is 0 Å². The van der Waals surface area contributed by atoms with Gasteiger partial charge >= 0.3 is 5.97 Å². The number of aromatic hydroxyl groups is 2. The quantitative estimate of drug-likeness (QED) is 0.224. The number of carbonyl (C=O) groups is 1. The fraction of sp³-hybridized carbons (Fsp3) is 0.419. The summed E-state index contributed by atoms with van der Waals surface area (Å²) in [4.78, 5) is 18.1. The Kier molecular flexibility index (Phi) is 7.09. The van der Waals surface area contributed by atoms with Crippen molar-refractivity contribution < 1.29 is 24.5 Å². The van der Waals surface area contributed by atoms with Crippen LogP contribution in [0.15, 0.2) is 42.5 Å². The van der Waals surface area contributed by atoms with Crippen molar-refractivity contribution in [2.75, 3.05) is 0 Å². The van der Waals surface area contributed by atoms with Crippen molar-refractivity contribution in [3.8, 4) is 23.0 Å². The predicted molar refractivity (Wildman–Crippen MR) is 142 cm³/mol. The Morgan fingerprint density at radius 3 is 2.27 bits per heavy atom. The van der Waals surface area contributed by atoms with Gasteiger partial charge in [-0.3, -0.25) is 0 Å². The number of unbranched alkanes of at least 4 members (excludes halogenated alkanes) is 6. The molecule has 0 bridgehead atoms. The number of benzene rings is 2. The number of pyridine rings is 1. The molecule has 37 heavy (non-hydrogen) atoms. The van der Waals surface area contributed by atoms with Crippen molar-refractivity contribution in [2.45, 2.75) is 83.7 Å². The Balaban J connectivity index is 1.65. The van der Waals surface area contributed by atoms with Crippen LogP contribution in [0.5, 0.6) is 23.0 Å². The molecule has 0 aliphatic carbocycles. The first kappa shape index (κ1) is 25.1. The first-order valence-electron chi connectivity index (χ1n) is 13.6. The van der Waals surface area contributed by atoms with Crippen LogP contribution in [-0.4, -0.2) is 21.2 Å². The molecule has 2 N–H and O–H groups in total. The lowest BCUT2D eigenvalue weighted by Gasteiger charge is -2.36. The molecule has 194 valence electrons. The largest absolute Gasteiger partial charge is 0.508 e. The van der Waals surface area contributed by atoms with Crippen LogP contribution < -0.4 is 4.74 Å². The maximum atomic E-state index is 13.2. The number of aryl methyl sites for hydroxylation is 2. The van der Waals surface area contributed by atoms with E-state index in [4.69, 9.17) is 14.5 Å². The summed E-state index contributed by atoms with van der Waals surface area (Å²) >= 11 is 0. The van der Waals surface area contributed by atoms with E-state index in [1.54, 1.807) is 18.2 Å². The number of phenolic OH excluding ortho intramolecular Hbond substituents is 1. The molecule has 1 aromatic heterocycles. The number of ether oxygens (including phenoxy) is 2. The zero-order chi connectivity index (χ0) is 26.0. The summed E-state index contributed by atoms with van der Waals surface area (Å²) < 4.78 is 12.4. The second-order valence-corrected chi connectivity index (χ2v) is 10.1. The van der Waals surface area contributed by atoms with E-state index >= 15 is 0 Å². The zero-order valence-electron chi connectivity index (χ0n) is 21.7. The molecule has 0 fully saturated rings. The highest BCUT2D eigenvalue weighted by molar-refractivity contribution is 5.96. The van der Waals surface area contributed by atoms with E-state index in [1.165, 1.54) is 0 Å². The van der Waals surface area contributed by atoms with Crippen molar-refractivity contribution >= 4 is 5.97 Å². The lowest BCUT2D eigenvalue weighted by molar-refractivity contribution is 0.0208. The minimum atomic E-state index is -1.31. The van der Waals surface area contributed by atoms with Gasteiger partial charge in [0, 0.05) is 23.3 Å². The van der Waals surface area contributed by atoms with Gasteiger partial charge in [-0.05, 0) is 43.4 Å². The summed E-state index contributed by atoms with van der Waals surface area (Å²) in [5.74, 6) is 0.497. The zero-order valence-corrected chi connectivity index (χ0v) is 21.7. The van der Waals surface area contributed by atoms with E-state index in [9.17, 15) is 15.0 Å². The van der Waals surface area contributed by atoms with Gasteiger partial charge in [-0.15, -0.1) is 0 Å². The number of esters is 1. The van der Waals surface area contributed by atoms with Crippen molar-refractivity contribution in [3.63, 3.8) is 0 Å². The van der Waals surface area contributed by atoms with Crippen molar-refractivity contribution in [3.05, 3.63) is 76.1 Å². The molecule has 1 spiro atoms. The van der Waals surface area contributed by atoms with Crippen molar-refractivity contribution in [1.29, 1.82) is 0 Å². The van der Waals surface area contributed by atoms with Crippen LogP contribution in [0, 0.1) is 0 Å². The summed E-state index contributed by atoms with van der Waals surface area (Å²) in [5, 5.41) is 21.6. The van der Waals surface area contributed by atoms with Gasteiger partial charge in [0.05, 0.1) is 11.3 Å². The number of carbonyl (C=O) groups excluding carboxylic acids is 1. The number of hydrogen-bond donors (Lipinski definition) is 2. The predicted octanol–water partition coefficient (Wildman–Crippen LogP) is 7.31. The highest BCUT2D eigenvalue weighted by Gasteiger charge is 2.55. The van der Waals surface area contributed by atoms with Crippen molar-refractivity contribution in [1.82, 2.24) is 4.98 Å². The van der Waals surface area contributed by atoms with Gasteiger partial charge in [0.25, 0.3) is 0 Å². The van der Waals surface area contributed by atoms with E-state index < -0.39 is 11.6 Å². The molecule has 6 heteroatoms. The minimum absolute atomic E-state index is 0.0585. The number of rotatable bonds is 10. The third-order valence-electron chi connectivity index (χ3n) is 7.50. The monoisotopic (exact) mass is 501 g/mol. The Bertz CT molecular complexity index is 1250. The standard InChI is InChI=1S/C31H35NO5/c1-3-5-7-9-13-20-17-23-27(18-25(20)33)36-28-19-26(34)24(16-10-8-6-4-2)32-29(28)31(23)22-15-12-11-14-21(22)30(35)37-31/h11-12,14-15,17-19,33-34H,3-10,13,16H2,1-2H3. The Labute approximate surface area is 218 Å². The van der Waals surface area contributed by atoms with Gasteiger partial charge in [-0.25, -0.2) is 9.78 Å². The van der Waals surface area contributed by atoms with Crippen LogP contribution in [0.25, 0.3) is 0 Å². The van der Waals surface area contributed by atoms with Crippen LogP contribution in [0.3, 0.4) is 0 Å². The van der Waals surface area contributed by atoms with Gasteiger partial charge in [0.1, 0.15) is 22.9 Å². The number of nitrogens with zero attached hydrogens (tertiary/aromatic N) is 1. The Morgan fingerprint density at radius 1 is 0.811 bits per heavy atom. The number of fused-ring (bicyclic) bond motifs is 6. The van der Waals surface area contributed by atoms with Crippen LogP contribution in [0.1, 0.15) is 104 Å². The van der Waals surface area contributed by atoms with Crippen LogP contribution in [0.2, 0.25) is 0 Å². The SMILES string of the molecule is CCCCCCc1cc2c(cc1O)Oc1cc(O)c(CCCCCC)nc1C21OC(=O)c2ccccc21. The molecule has 1 unspecified atom stereocenters. The molecular formula is C31H35NO5. The maximum Gasteiger partial charge on any atom is 0.340 e. The molecule has 0 radical (unpaired) electrons. The molecule has 6 nitrogen and oxygen atoms in total. The molecule has 0 amide bonds. The van der Waals surface area contributed by atoms with Crippen LogP contribution in [-0.2, 0) is 23.2 Å². The third-order valence-corrected chi connectivity index (χ3v) is 7.50. The van der Waals surface area contributed by atoms with Gasteiger partial charge in [0.2, 0.25) is 5.60 Å². The van der Waals surface area contributed by atoms with Crippen LogP contribution >= 0.6 is 0 Å². The van der Waals surface area contributed by atoms with Crippen LogP contribution in [0.4, 0.5) is 0 Å². The molecule has 3 heterocycles. The van der Waals surface area contributed by atoms with E-state index in [1.807, 2.05) is 24.3 Å². The summed E-state index contributed by atoms with van der Waals surface area (Å²) in [6, 6.07) is 12.4. The van der Waals surface area contributed by atoms with Gasteiger partial charge < -0.3 is 19.7 Å². The second kappa shape index (κ2) is 10.4. The van der Waals surface area contributed by atoms with E-state index in [0.29, 0.717) is 52.4 Å². The molecule has 0 saturated carbocycles. The summed E-state index contributed by atoms with van der Waals surface area (Å²) in [6.45, 7) is 4.33. The molecule has 2 aliphatic rings. The number of phenols is 1. The highest BCUT2D eigenvalue weighted by atomic mass is 16.6. The second-order valence-electron chi connectivity index (χ2n) is 10.1. The Morgan fingerprint density at radius 2 is 1.51 bits per heavy atom. The summed E-state index contributed by atoms with van der Waals surface area (Å²) in [5.41, 5.74) is 2.34. The minimum Gasteiger partial charge on any atom is -0.508 e. The normalized spacial score (nSPS) is 17.2.